The molecule has 2 aromatic rings. The van der Waals surface area contributed by atoms with E-state index in [1.165, 1.54) is 35.8 Å². The SMILES string of the molecule is O=C(C=Cc1cccc(S(=O)(=O)Nc2ccc(C(F)(F)F)cc2)c1)NO. The number of sulfonamides is 1. The Bertz CT molecular complexity index is 923. The molecule has 138 valence electrons. The summed E-state index contributed by atoms with van der Waals surface area (Å²) >= 11 is 0. The third kappa shape index (κ3) is 5.07. The summed E-state index contributed by atoms with van der Waals surface area (Å²) < 4.78 is 64.5. The summed E-state index contributed by atoms with van der Waals surface area (Å²) in [6.07, 6.45) is -2.24. The van der Waals surface area contributed by atoms with Crippen molar-refractivity contribution in [3.63, 3.8) is 0 Å². The molecule has 3 N–H and O–H groups in total. The van der Waals surface area contributed by atoms with Gasteiger partial charge >= 0.3 is 6.18 Å². The highest BCUT2D eigenvalue weighted by atomic mass is 32.2. The monoisotopic (exact) mass is 386 g/mol. The molecule has 0 bridgehead atoms. The molecular weight excluding hydrogens is 373 g/mol. The third-order valence-electron chi connectivity index (χ3n) is 3.17. The normalized spacial score (nSPS) is 12.2. The zero-order valence-electron chi connectivity index (χ0n) is 13.0. The van der Waals surface area contributed by atoms with E-state index in [1.807, 2.05) is 0 Å². The van der Waals surface area contributed by atoms with E-state index in [2.05, 4.69) is 4.72 Å². The number of hydrogen-bond donors (Lipinski definition) is 3. The van der Waals surface area contributed by atoms with Crippen LogP contribution in [0.2, 0.25) is 0 Å². The molecule has 0 atom stereocenters. The van der Waals surface area contributed by atoms with Gasteiger partial charge in [-0.1, -0.05) is 12.1 Å². The van der Waals surface area contributed by atoms with Gasteiger partial charge in [-0.25, -0.2) is 13.9 Å². The number of carbonyl (C=O) groups excluding carboxylic acids is 1. The molecule has 0 unspecified atom stereocenters. The van der Waals surface area contributed by atoms with Crippen molar-refractivity contribution in [1.29, 1.82) is 0 Å². The predicted octanol–water partition coefficient (Wildman–Crippen LogP) is 3.02. The van der Waals surface area contributed by atoms with Crippen molar-refractivity contribution in [2.24, 2.45) is 0 Å². The number of nitrogens with one attached hydrogen (secondary N) is 2. The first-order chi connectivity index (χ1) is 12.1. The average molecular weight is 386 g/mol. The van der Waals surface area contributed by atoms with Crippen molar-refractivity contribution in [3.8, 4) is 0 Å². The molecule has 2 rings (SSSR count). The summed E-state index contributed by atoms with van der Waals surface area (Å²) in [5.41, 5.74) is 0.833. The van der Waals surface area contributed by atoms with Gasteiger partial charge in [0.05, 0.1) is 10.5 Å². The van der Waals surface area contributed by atoms with E-state index >= 15 is 0 Å². The molecule has 10 heteroatoms. The summed E-state index contributed by atoms with van der Waals surface area (Å²) in [6.45, 7) is 0. The average Bonchev–Trinajstić information content (AvgIpc) is 2.59. The van der Waals surface area contributed by atoms with E-state index < -0.39 is 27.7 Å². The maximum Gasteiger partial charge on any atom is 0.416 e. The maximum absolute atomic E-state index is 12.5. The van der Waals surface area contributed by atoms with Crippen LogP contribution in [0.25, 0.3) is 6.08 Å². The maximum atomic E-state index is 12.5. The van der Waals surface area contributed by atoms with E-state index in [9.17, 15) is 26.4 Å². The van der Waals surface area contributed by atoms with Gasteiger partial charge in [0.15, 0.2) is 0 Å². The van der Waals surface area contributed by atoms with Crippen LogP contribution in [-0.4, -0.2) is 19.5 Å². The first-order valence-corrected chi connectivity index (χ1v) is 8.52. The molecule has 0 saturated heterocycles. The third-order valence-corrected chi connectivity index (χ3v) is 4.55. The van der Waals surface area contributed by atoms with E-state index in [0.29, 0.717) is 5.56 Å². The Morgan fingerprint density at radius 3 is 2.31 bits per heavy atom. The number of carbonyl (C=O) groups is 1. The Morgan fingerprint density at radius 1 is 1.08 bits per heavy atom. The molecule has 1 amide bonds. The molecule has 26 heavy (non-hydrogen) atoms. The Balaban J connectivity index is 2.22. The van der Waals surface area contributed by atoms with Crippen molar-refractivity contribution in [2.75, 3.05) is 4.72 Å². The molecule has 2 aromatic carbocycles. The minimum absolute atomic E-state index is 0.0291. The van der Waals surface area contributed by atoms with E-state index in [0.717, 1.165) is 30.3 Å². The summed E-state index contributed by atoms with van der Waals surface area (Å²) in [4.78, 5) is 10.8. The lowest BCUT2D eigenvalue weighted by Crippen LogP contribution is -2.15. The number of anilines is 1. The standard InChI is InChI=1S/C16H13F3N2O4S/c17-16(18,19)12-5-7-13(8-6-12)21-26(24,25)14-3-1-2-11(10-14)4-9-15(22)20-23/h1-10,21,23H,(H,20,22). The largest absolute Gasteiger partial charge is 0.416 e. The molecule has 0 aliphatic heterocycles. The Kier molecular flexibility index (Phi) is 5.68. The molecular formula is C16H13F3N2O4S. The highest BCUT2D eigenvalue weighted by molar-refractivity contribution is 7.92. The highest BCUT2D eigenvalue weighted by Crippen LogP contribution is 2.30. The summed E-state index contributed by atoms with van der Waals surface area (Å²) in [5.74, 6) is -0.791. The zero-order chi connectivity index (χ0) is 19.4. The van der Waals surface area contributed by atoms with Crippen molar-refractivity contribution < 1.29 is 31.6 Å². The molecule has 0 saturated carbocycles. The molecule has 0 heterocycles. The van der Waals surface area contributed by atoms with Gasteiger partial charge in [-0.05, 0) is 48.0 Å². The van der Waals surface area contributed by atoms with Crippen LogP contribution >= 0.6 is 0 Å². The number of alkyl halides is 3. The smallest absolute Gasteiger partial charge is 0.288 e. The zero-order valence-corrected chi connectivity index (χ0v) is 13.8. The molecule has 0 aliphatic rings. The Morgan fingerprint density at radius 2 is 1.73 bits per heavy atom. The number of hydrogen-bond acceptors (Lipinski definition) is 4. The van der Waals surface area contributed by atoms with Crippen LogP contribution in [0.4, 0.5) is 18.9 Å². The van der Waals surface area contributed by atoms with Crippen LogP contribution in [0, 0.1) is 0 Å². The second-order valence-corrected chi connectivity index (χ2v) is 6.74. The molecule has 0 fully saturated rings. The number of amides is 1. The second kappa shape index (κ2) is 7.58. The van der Waals surface area contributed by atoms with Crippen LogP contribution in [0.5, 0.6) is 0 Å². The van der Waals surface area contributed by atoms with Gasteiger partial charge in [0.25, 0.3) is 15.9 Å². The second-order valence-electron chi connectivity index (χ2n) is 5.06. The van der Waals surface area contributed by atoms with Crippen LogP contribution in [0.3, 0.4) is 0 Å². The lowest BCUT2D eigenvalue weighted by atomic mass is 10.2. The Labute approximate surface area is 147 Å². The first-order valence-electron chi connectivity index (χ1n) is 7.04. The van der Waals surface area contributed by atoms with Crippen LogP contribution in [0.1, 0.15) is 11.1 Å². The summed E-state index contributed by atoms with van der Waals surface area (Å²) in [7, 11) is -4.04. The van der Waals surface area contributed by atoms with Gasteiger partial charge in [0.2, 0.25) is 0 Å². The predicted molar refractivity (Wildman–Crippen MR) is 87.7 cm³/mol. The van der Waals surface area contributed by atoms with Gasteiger partial charge in [-0.2, -0.15) is 13.2 Å². The lowest BCUT2D eigenvalue weighted by Gasteiger charge is -2.10. The first kappa shape index (κ1) is 19.5. The number of benzene rings is 2. The van der Waals surface area contributed by atoms with E-state index in [1.54, 1.807) is 0 Å². The van der Waals surface area contributed by atoms with E-state index in [4.69, 9.17) is 5.21 Å². The fourth-order valence-electron chi connectivity index (χ4n) is 1.94. The minimum Gasteiger partial charge on any atom is -0.288 e. The van der Waals surface area contributed by atoms with Crippen molar-refractivity contribution in [2.45, 2.75) is 11.1 Å². The van der Waals surface area contributed by atoms with Crippen LogP contribution in [0.15, 0.2) is 59.5 Å². The highest BCUT2D eigenvalue weighted by Gasteiger charge is 2.30. The number of hydroxylamine groups is 1. The van der Waals surface area contributed by atoms with Crippen molar-refractivity contribution in [3.05, 3.63) is 65.7 Å². The number of rotatable bonds is 5. The Hall–Kier alpha value is -2.85. The molecule has 6 nitrogen and oxygen atoms in total. The van der Waals surface area contributed by atoms with E-state index in [-0.39, 0.29) is 10.6 Å². The minimum atomic E-state index is -4.51. The van der Waals surface area contributed by atoms with Gasteiger partial charge in [0, 0.05) is 11.8 Å². The van der Waals surface area contributed by atoms with Gasteiger partial charge in [-0.15, -0.1) is 0 Å². The fraction of sp³-hybridized carbons (Fsp3) is 0.0625. The summed E-state index contributed by atoms with van der Waals surface area (Å²) in [6, 6.07) is 9.06. The van der Waals surface area contributed by atoms with Crippen LogP contribution < -0.4 is 10.2 Å². The van der Waals surface area contributed by atoms with Gasteiger partial charge in [0.1, 0.15) is 0 Å². The fourth-order valence-corrected chi connectivity index (χ4v) is 3.05. The summed E-state index contributed by atoms with van der Waals surface area (Å²) in [5, 5.41) is 8.40. The van der Waals surface area contributed by atoms with Gasteiger partial charge in [-0.3, -0.25) is 14.7 Å². The molecule has 0 spiro atoms. The van der Waals surface area contributed by atoms with Crippen molar-refractivity contribution >= 4 is 27.7 Å². The quantitative estimate of drug-likeness (QED) is 0.418. The molecule has 0 radical (unpaired) electrons. The van der Waals surface area contributed by atoms with Crippen LogP contribution in [-0.2, 0) is 21.0 Å². The van der Waals surface area contributed by atoms with Crippen molar-refractivity contribution in [1.82, 2.24) is 5.48 Å². The van der Waals surface area contributed by atoms with Gasteiger partial charge < -0.3 is 0 Å². The lowest BCUT2D eigenvalue weighted by molar-refractivity contribution is -0.137. The molecule has 0 aliphatic carbocycles. The molecule has 0 aromatic heterocycles. The topological polar surface area (TPSA) is 95.5 Å². The number of halogens is 3.